The molecule has 6 heteroatoms. The highest BCUT2D eigenvalue weighted by Gasteiger charge is 2.24. The van der Waals surface area contributed by atoms with Crippen LogP contribution >= 0.6 is 0 Å². The number of rotatable bonds is 4. The fourth-order valence-electron chi connectivity index (χ4n) is 1.44. The first-order valence-electron chi connectivity index (χ1n) is 5.36. The van der Waals surface area contributed by atoms with Gasteiger partial charge in [0.2, 0.25) is 0 Å². The Bertz CT molecular complexity index is 506. The third kappa shape index (κ3) is 2.57. The molecule has 0 bridgehead atoms. The summed E-state index contributed by atoms with van der Waals surface area (Å²) in [6.45, 7) is 3.60. The van der Waals surface area contributed by atoms with Gasteiger partial charge in [-0.15, -0.1) is 0 Å². The SMILES string of the molecule is CN(c1ccc([N+](=O)[O-])c(C#N)c1)C(C)(C)CO. The lowest BCUT2D eigenvalue weighted by Gasteiger charge is -2.35. The number of aliphatic hydroxyl groups is 1. The number of hydrogen-bond acceptors (Lipinski definition) is 5. The topological polar surface area (TPSA) is 90.4 Å². The second-order valence-corrected chi connectivity index (χ2v) is 4.60. The molecule has 0 aromatic heterocycles. The lowest BCUT2D eigenvalue weighted by atomic mass is 10.0. The van der Waals surface area contributed by atoms with Gasteiger partial charge in [-0.25, -0.2) is 0 Å². The normalized spacial score (nSPS) is 10.8. The van der Waals surface area contributed by atoms with Gasteiger partial charge in [-0.2, -0.15) is 5.26 Å². The summed E-state index contributed by atoms with van der Waals surface area (Å²) in [6, 6.07) is 6.13. The van der Waals surface area contributed by atoms with E-state index in [1.165, 1.54) is 12.1 Å². The highest BCUT2D eigenvalue weighted by molar-refractivity contribution is 5.60. The summed E-state index contributed by atoms with van der Waals surface area (Å²) in [7, 11) is 1.76. The van der Waals surface area contributed by atoms with E-state index in [9.17, 15) is 15.2 Å². The number of nitro groups is 1. The van der Waals surface area contributed by atoms with Crippen LogP contribution in [0.15, 0.2) is 18.2 Å². The van der Waals surface area contributed by atoms with Gasteiger partial charge in [0.05, 0.1) is 17.1 Å². The number of nitro benzene ring substituents is 1. The Morgan fingerprint density at radius 3 is 2.61 bits per heavy atom. The number of anilines is 1. The smallest absolute Gasteiger partial charge is 0.287 e. The summed E-state index contributed by atoms with van der Waals surface area (Å²) in [4.78, 5) is 11.9. The number of nitriles is 1. The van der Waals surface area contributed by atoms with Crippen LogP contribution in [-0.4, -0.2) is 29.2 Å². The van der Waals surface area contributed by atoms with E-state index in [2.05, 4.69) is 0 Å². The molecule has 1 aromatic carbocycles. The minimum Gasteiger partial charge on any atom is -0.394 e. The van der Waals surface area contributed by atoms with E-state index >= 15 is 0 Å². The standard InChI is InChI=1S/C12H15N3O3/c1-12(2,8-16)14(3)10-4-5-11(15(17)18)9(6-10)7-13/h4-6,16H,8H2,1-3H3. The number of hydrogen-bond donors (Lipinski definition) is 1. The van der Waals surface area contributed by atoms with E-state index in [1.54, 1.807) is 18.0 Å². The first kappa shape index (κ1) is 13.9. The minimum absolute atomic E-state index is 0.0121. The van der Waals surface area contributed by atoms with Crippen LogP contribution in [0.25, 0.3) is 0 Å². The van der Waals surface area contributed by atoms with Crippen LogP contribution in [0, 0.1) is 21.4 Å². The van der Waals surface area contributed by atoms with Crippen LogP contribution in [-0.2, 0) is 0 Å². The molecule has 0 saturated carbocycles. The third-order valence-corrected chi connectivity index (χ3v) is 2.98. The van der Waals surface area contributed by atoms with Gasteiger partial charge in [0, 0.05) is 18.8 Å². The molecule has 0 spiro atoms. The van der Waals surface area contributed by atoms with Crippen LogP contribution in [0.4, 0.5) is 11.4 Å². The molecule has 6 nitrogen and oxygen atoms in total. The monoisotopic (exact) mass is 249 g/mol. The summed E-state index contributed by atoms with van der Waals surface area (Å²) in [5.41, 5.74) is -0.0613. The maximum atomic E-state index is 10.7. The number of nitrogens with zero attached hydrogens (tertiary/aromatic N) is 3. The lowest BCUT2D eigenvalue weighted by Crippen LogP contribution is -2.44. The number of benzene rings is 1. The van der Waals surface area contributed by atoms with Crippen molar-refractivity contribution in [2.75, 3.05) is 18.6 Å². The van der Waals surface area contributed by atoms with Crippen molar-refractivity contribution in [1.82, 2.24) is 0 Å². The molecule has 0 aliphatic heterocycles. The molecule has 1 N–H and O–H groups in total. The zero-order chi connectivity index (χ0) is 13.9. The van der Waals surface area contributed by atoms with Crippen molar-refractivity contribution in [3.05, 3.63) is 33.9 Å². The third-order valence-electron chi connectivity index (χ3n) is 2.98. The van der Waals surface area contributed by atoms with E-state index in [0.717, 1.165) is 0 Å². The Hall–Kier alpha value is -2.13. The molecule has 0 amide bonds. The van der Waals surface area contributed by atoms with Gasteiger partial charge in [-0.1, -0.05) is 0 Å². The summed E-state index contributed by atoms with van der Waals surface area (Å²) in [6.07, 6.45) is 0. The fourth-order valence-corrected chi connectivity index (χ4v) is 1.44. The van der Waals surface area contributed by atoms with Crippen molar-refractivity contribution in [1.29, 1.82) is 5.26 Å². The van der Waals surface area contributed by atoms with E-state index in [4.69, 9.17) is 5.26 Å². The molecule has 0 unspecified atom stereocenters. The fraction of sp³-hybridized carbons (Fsp3) is 0.417. The molecule has 0 radical (unpaired) electrons. The molecule has 0 aliphatic rings. The average Bonchev–Trinajstić information content (AvgIpc) is 2.36. The second kappa shape index (κ2) is 5.02. The molecule has 1 aromatic rings. The Labute approximate surface area is 105 Å². The Balaban J connectivity index is 3.23. The number of likely N-dealkylation sites (N-methyl/N-ethyl adjacent to an activating group) is 1. The van der Waals surface area contributed by atoms with Gasteiger partial charge in [0.25, 0.3) is 5.69 Å². The minimum atomic E-state index is -0.584. The molecule has 1 rings (SSSR count). The average molecular weight is 249 g/mol. The molecule has 0 heterocycles. The molecule has 0 aliphatic carbocycles. The molecule has 18 heavy (non-hydrogen) atoms. The quantitative estimate of drug-likeness (QED) is 0.647. The van der Waals surface area contributed by atoms with Crippen LogP contribution in [0.3, 0.4) is 0 Å². The van der Waals surface area contributed by atoms with Crippen LogP contribution < -0.4 is 4.90 Å². The lowest BCUT2D eigenvalue weighted by molar-refractivity contribution is -0.385. The molecule has 0 fully saturated rings. The van der Waals surface area contributed by atoms with E-state index < -0.39 is 10.5 Å². The maximum absolute atomic E-state index is 10.7. The van der Waals surface area contributed by atoms with Crippen molar-refractivity contribution in [2.45, 2.75) is 19.4 Å². The Morgan fingerprint density at radius 2 is 2.17 bits per heavy atom. The van der Waals surface area contributed by atoms with Crippen molar-refractivity contribution in [3.8, 4) is 6.07 Å². The maximum Gasteiger partial charge on any atom is 0.287 e. The van der Waals surface area contributed by atoms with E-state index in [-0.39, 0.29) is 17.9 Å². The van der Waals surface area contributed by atoms with Crippen molar-refractivity contribution < 1.29 is 10.0 Å². The van der Waals surface area contributed by atoms with Gasteiger partial charge in [-0.3, -0.25) is 10.1 Å². The second-order valence-electron chi connectivity index (χ2n) is 4.60. The van der Waals surface area contributed by atoms with Crippen molar-refractivity contribution in [2.24, 2.45) is 0 Å². The molecular weight excluding hydrogens is 234 g/mol. The van der Waals surface area contributed by atoms with Crippen LogP contribution in [0.1, 0.15) is 19.4 Å². The Kier molecular flexibility index (Phi) is 3.89. The van der Waals surface area contributed by atoms with Crippen molar-refractivity contribution >= 4 is 11.4 Å². The van der Waals surface area contributed by atoms with E-state index in [1.807, 2.05) is 19.9 Å². The first-order chi connectivity index (χ1) is 8.33. The van der Waals surface area contributed by atoms with Gasteiger partial charge in [0.1, 0.15) is 11.6 Å². The Morgan fingerprint density at radius 1 is 1.56 bits per heavy atom. The summed E-state index contributed by atoms with van der Waals surface area (Å²) >= 11 is 0. The zero-order valence-electron chi connectivity index (χ0n) is 10.5. The number of aliphatic hydroxyl groups excluding tert-OH is 1. The van der Waals surface area contributed by atoms with E-state index in [0.29, 0.717) is 5.69 Å². The largest absolute Gasteiger partial charge is 0.394 e. The molecular formula is C12H15N3O3. The van der Waals surface area contributed by atoms with Gasteiger partial charge in [-0.05, 0) is 26.0 Å². The molecule has 0 atom stereocenters. The molecule has 0 saturated heterocycles. The van der Waals surface area contributed by atoms with Crippen molar-refractivity contribution in [3.63, 3.8) is 0 Å². The highest BCUT2D eigenvalue weighted by Crippen LogP contribution is 2.27. The first-order valence-corrected chi connectivity index (χ1v) is 5.36. The van der Waals surface area contributed by atoms with Crippen LogP contribution in [0.5, 0.6) is 0 Å². The van der Waals surface area contributed by atoms with Gasteiger partial charge < -0.3 is 10.0 Å². The summed E-state index contributed by atoms with van der Waals surface area (Å²) in [5, 5.41) is 28.9. The van der Waals surface area contributed by atoms with Gasteiger partial charge >= 0.3 is 0 Å². The van der Waals surface area contributed by atoms with Crippen LogP contribution in [0.2, 0.25) is 0 Å². The zero-order valence-corrected chi connectivity index (χ0v) is 10.5. The van der Waals surface area contributed by atoms with Gasteiger partial charge in [0.15, 0.2) is 0 Å². The summed E-state index contributed by atoms with van der Waals surface area (Å²) in [5.74, 6) is 0. The predicted molar refractivity (Wildman–Crippen MR) is 67.4 cm³/mol. The molecule has 96 valence electrons. The highest BCUT2D eigenvalue weighted by atomic mass is 16.6. The predicted octanol–water partition coefficient (Wildman–Crippen LogP) is 1.67. The summed E-state index contributed by atoms with van der Waals surface area (Å²) < 4.78 is 0.